The predicted octanol–water partition coefficient (Wildman–Crippen LogP) is 2.23. The summed E-state index contributed by atoms with van der Waals surface area (Å²) in [5.41, 5.74) is 8.09. The Labute approximate surface area is 126 Å². The first-order chi connectivity index (χ1) is 10.3. The van der Waals surface area contributed by atoms with Gasteiger partial charge in [-0.15, -0.1) is 0 Å². The highest BCUT2D eigenvalue weighted by molar-refractivity contribution is 5.21. The zero-order valence-electron chi connectivity index (χ0n) is 12.5. The van der Waals surface area contributed by atoms with Crippen molar-refractivity contribution >= 4 is 0 Å². The second-order valence-corrected chi connectivity index (χ2v) is 5.78. The van der Waals surface area contributed by atoms with Crippen molar-refractivity contribution in [2.45, 2.75) is 19.1 Å². The van der Waals surface area contributed by atoms with Crippen LogP contribution in [0.1, 0.15) is 22.9 Å². The molecule has 0 saturated carbocycles. The summed E-state index contributed by atoms with van der Waals surface area (Å²) in [4.78, 5) is 4.88. The molecular formula is C17H23N3O. The van der Waals surface area contributed by atoms with E-state index in [-0.39, 0.29) is 0 Å². The van der Waals surface area contributed by atoms with E-state index >= 15 is 0 Å². The Hall–Kier alpha value is -1.62. The van der Waals surface area contributed by atoms with Crippen molar-refractivity contribution < 1.29 is 4.42 Å². The molecule has 1 saturated heterocycles. The fourth-order valence-electron chi connectivity index (χ4n) is 2.95. The van der Waals surface area contributed by atoms with Crippen LogP contribution in [0.3, 0.4) is 0 Å². The standard InChI is InChI=1S/C17H23N3O/c1-19-7-8-20(11-16-9-14(10-18)13-21-16)17(12-19)15-5-3-2-4-6-15/h2-6,9,13,17H,7-8,10-12,18H2,1H3. The highest BCUT2D eigenvalue weighted by Crippen LogP contribution is 2.26. The molecular weight excluding hydrogens is 262 g/mol. The molecule has 1 fully saturated rings. The van der Waals surface area contributed by atoms with Crippen LogP contribution in [0.2, 0.25) is 0 Å². The van der Waals surface area contributed by atoms with Crippen LogP contribution in [0.5, 0.6) is 0 Å². The molecule has 4 heteroatoms. The van der Waals surface area contributed by atoms with E-state index in [2.05, 4.69) is 53.2 Å². The summed E-state index contributed by atoms with van der Waals surface area (Å²) in [6.45, 7) is 4.57. The monoisotopic (exact) mass is 285 g/mol. The van der Waals surface area contributed by atoms with E-state index in [1.807, 2.05) is 0 Å². The smallest absolute Gasteiger partial charge is 0.118 e. The van der Waals surface area contributed by atoms with Gasteiger partial charge in [0.1, 0.15) is 5.76 Å². The molecule has 1 atom stereocenters. The van der Waals surface area contributed by atoms with Gasteiger partial charge in [-0.25, -0.2) is 0 Å². The molecule has 4 nitrogen and oxygen atoms in total. The van der Waals surface area contributed by atoms with Gasteiger partial charge in [0.05, 0.1) is 12.8 Å². The Balaban J connectivity index is 1.77. The van der Waals surface area contributed by atoms with Crippen molar-refractivity contribution in [3.63, 3.8) is 0 Å². The van der Waals surface area contributed by atoms with Crippen LogP contribution in [-0.4, -0.2) is 36.5 Å². The van der Waals surface area contributed by atoms with E-state index < -0.39 is 0 Å². The van der Waals surface area contributed by atoms with Crippen molar-refractivity contribution in [1.29, 1.82) is 0 Å². The van der Waals surface area contributed by atoms with Crippen LogP contribution in [0.4, 0.5) is 0 Å². The van der Waals surface area contributed by atoms with Crippen LogP contribution in [-0.2, 0) is 13.1 Å². The summed E-state index contributed by atoms with van der Waals surface area (Å²) >= 11 is 0. The molecule has 21 heavy (non-hydrogen) atoms. The Morgan fingerprint density at radius 2 is 2.05 bits per heavy atom. The van der Waals surface area contributed by atoms with E-state index in [1.54, 1.807) is 6.26 Å². The van der Waals surface area contributed by atoms with E-state index in [9.17, 15) is 0 Å². The molecule has 1 aromatic heterocycles. The lowest BCUT2D eigenvalue weighted by atomic mass is 10.0. The first-order valence-corrected chi connectivity index (χ1v) is 7.50. The van der Waals surface area contributed by atoms with Gasteiger partial charge in [-0.2, -0.15) is 0 Å². The Bertz CT molecular complexity index is 566. The lowest BCUT2D eigenvalue weighted by Crippen LogP contribution is -2.46. The molecule has 2 heterocycles. The van der Waals surface area contributed by atoms with Gasteiger partial charge in [0.2, 0.25) is 0 Å². The van der Waals surface area contributed by atoms with Crippen LogP contribution in [0.15, 0.2) is 47.1 Å². The maximum absolute atomic E-state index is 5.65. The molecule has 0 spiro atoms. The van der Waals surface area contributed by atoms with E-state index in [0.29, 0.717) is 12.6 Å². The number of piperazine rings is 1. The Kier molecular flexibility index (Phi) is 4.39. The number of hydrogen-bond acceptors (Lipinski definition) is 4. The number of hydrogen-bond donors (Lipinski definition) is 1. The Morgan fingerprint density at radius 3 is 2.76 bits per heavy atom. The van der Waals surface area contributed by atoms with Crippen molar-refractivity contribution in [2.24, 2.45) is 5.73 Å². The fourth-order valence-corrected chi connectivity index (χ4v) is 2.95. The minimum atomic E-state index is 0.413. The van der Waals surface area contributed by atoms with Crippen LogP contribution in [0.25, 0.3) is 0 Å². The molecule has 1 aromatic carbocycles. The van der Waals surface area contributed by atoms with Crippen LogP contribution in [0, 0.1) is 0 Å². The van der Waals surface area contributed by atoms with Gasteiger partial charge >= 0.3 is 0 Å². The normalized spacial score (nSPS) is 20.8. The van der Waals surface area contributed by atoms with Gasteiger partial charge < -0.3 is 15.1 Å². The number of nitrogens with two attached hydrogens (primary N) is 1. The molecule has 0 amide bonds. The topological polar surface area (TPSA) is 45.6 Å². The highest BCUT2D eigenvalue weighted by atomic mass is 16.3. The maximum Gasteiger partial charge on any atom is 0.118 e. The minimum absolute atomic E-state index is 0.413. The average Bonchev–Trinajstić information content (AvgIpc) is 2.98. The summed E-state index contributed by atoms with van der Waals surface area (Å²) < 4.78 is 5.63. The zero-order valence-corrected chi connectivity index (χ0v) is 12.5. The maximum atomic E-state index is 5.65. The first-order valence-electron chi connectivity index (χ1n) is 7.50. The number of benzene rings is 1. The second kappa shape index (κ2) is 6.43. The molecule has 2 aromatic rings. The summed E-state index contributed by atoms with van der Waals surface area (Å²) in [7, 11) is 2.19. The van der Waals surface area contributed by atoms with Crippen molar-refractivity contribution in [1.82, 2.24) is 9.80 Å². The number of rotatable bonds is 4. The van der Waals surface area contributed by atoms with E-state index in [1.165, 1.54) is 5.56 Å². The average molecular weight is 285 g/mol. The molecule has 3 rings (SSSR count). The van der Waals surface area contributed by atoms with E-state index in [0.717, 1.165) is 37.5 Å². The number of nitrogens with zero attached hydrogens (tertiary/aromatic N) is 2. The number of likely N-dealkylation sites (N-methyl/N-ethyl adjacent to an activating group) is 1. The molecule has 0 bridgehead atoms. The van der Waals surface area contributed by atoms with Gasteiger partial charge in [0, 0.05) is 37.8 Å². The second-order valence-electron chi connectivity index (χ2n) is 5.78. The largest absolute Gasteiger partial charge is 0.468 e. The molecule has 1 aliphatic rings. The summed E-state index contributed by atoms with van der Waals surface area (Å²) in [6, 6.07) is 13.2. The quantitative estimate of drug-likeness (QED) is 0.935. The predicted molar refractivity (Wildman–Crippen MR) is 83.7 cm³/mol. The van der Waals surface area contributed by atoms with Crippen LogP contribution >= 0.6 is 0 Å². The van der Waals surface area contributed by atoms with Gasteiger partial charge in [0.15, 0.2) is 0 Å². The van der Waals surface area contributed by atoms with Gasteiger partial charge in [-0.1, -0.05) is 30.3 Å². The highest BCUT2D eigenvalue weighted by Gasteiger charge is 2.27. The van der Waals surface area contributed by atoms with Crippen molar-refractivity contribution in [3.05, 3.63) is 59.5 Å². The first kappa shape index (κ1) is 14.3. The van der Waals surface area contributed by atoms with Crippen molar-refractivity contribution in [3.8, 4) is 0 Å². The lowest BCUT2D eigenvalue weighted by molar-refractivity contribution is 0.0773. The van der Waals surface area contributed by atoms with Gasteiger partial charge in [-0.3, -0.25) is 4.90 Å². The lowest BCUT2D eigenvalue weighted by Gasteiger charge is -2.39. The third-order valence-corrected chi connectivity index (χ3v) is 4.18. The summed E-state index contributed by atoms with van der Waals surface area (Å²) in [5.74, 6) is 1.00. The molecule has 0 radical (unpaired) electrons. The molecule has 2 N–H and O–H groups in total. The summed E-state index contributed by atoms with van der Waals surface area (Å²) in [5, 5.41) is 0. The summed E-state index contributed by atoms with van der Waals surface area (Å²) in [6.07, 6.45) is 1.77. The molecule has 112 valence electrons. The van der Waals surface area contributed by atoms with Gasteiger partial charge in [0.25, 0.3) is 0 Å². The molecule has 0 aliphatic carbocycles. The minimum Gasteiger partial charge on any atom is -0.468 e. The molecule has 1 unspecified atom stereocenters. The van der Waals surface area contributed by atoms with Gasteiger partial charge in [-0.05, 0) is 18.7 Å². The van der Waals surface area contributed by atoms with Crippen molar-refractivity contribution in [2.75, 3.05) is 26.7 Å². The fraction of sp³-hybridized carbons (Fsp3) is 0.412. The Morgan fingerprint density at radius 1 is 1.24 bits per heavy atom. The molecule has 1 aliphatic heterocycles. The SMILES string of the molecule is CN1CCN(Cc2cc(CN)co2)C(c2ccccc2)C1. The number of furan rings is 1. The third kappa shape index (κ3) is 3.35. The van der Waals surface area contributed by atoms with E-state index in [4.69, 9.17) is 10.2 Å². The zero-order chi connectivity index (χ0) is 14.7. The van der Waals surface area contributed by atoms with Crippen LogP contribution < -0.4 is 5.73 Å². The third-order valence-electron chi connectivity index (χ3n) is 4.18.